The summed E-state index contributed by atoms with van der Waals surface area (Å²) in [5, 5.41) is 30.5. The van der Waals surface area contributed by atoms with Crippen LogP contribution in [0.15, 0.2) is 48.5 Å². The molecule has 2 rings (SSSR count). The maximum absolute atomic E-state index is 10.7. The fourth-order valence-electron chi connectivity index (χ4n) is 1.82. The summed E-state index contributed by atoms with van der Waals surface area (Å²) in [5.74, 6) is -1.29. The van der Waals surface area contributed by atoms with E-state index < -0.39 is 10.9 Å². The number of carbonyl (C=O) groups is 1. The summed E-state index contributed by atoms with van der Waals surface area (Å²) in [6.45, 7) is 0. The zero-order chi connectivity index (χ0) is 16.1. The van der Waals surface area contributed by atoms with Gasteiger partial charge in [0.05, 0.1) is 22.5 Å². The van der Waals surface area contributed by atoms with Crippen molar-refractivity contribution in [1.29, 1.82) is 5.26 Å². The Hall–Kier alpha value is -3.46. The molecule has 0 unspecified atom stereocenters. The first-order valence-electron chi connectivity index (χ1n) is 6.19. The lowest BCUT2D eigenvalue weighted by Gasteiger charge is -2.04. The molecule has 0 atom stereocenters. The highest BCUT2D eigenvalue weighted by atomic mass is 16.6. The molecule has 0 aliphatic rings. The van der Waals surface area contributed by atoms with Gasteiger partial charge in [-0.2, -0.15) is 5.26 Å². The molecule has 0 radical (unpaired) electrons. The van der Waals surface area contributed by atoms with Crippen LogP contribution in [0, 0.1) is 21.4 Å². The van der Waals surface area contributed by atoms with E-state index in [-0.39, 0.29) is 11.3 Å². The van der Waals surface area contributed by atoms with Crippen molar-refractivity contribution in [2.24, 2.45) is 0 Å². The molecule has 0 amide bonds. The SMILES string of the molecule is N#C/C(=C/c1ccc([N+](=O)[O-])cc1)c1ccc(C(=O)[O-])cc1. The normalized spacial score (nSPS) is 10.8. The number of allylic oxidation sites excluding steroid dienone is 1. The van der Waals surface area contributed by atoms with Crippen LogP contribution in [0.3, 0.4) is 0 Å². The van der Waals surface area contributed by atoms with E-state index in [1.165, 1.54) is 48.5 Å². The first kappa shape index (κ1) is 14.9. The van der Waals surface area contributed by atoms with Crippen molar-refractivity contribution in [3.8, 4) is 6.07 Å². The zero-order valence-corrected chi connectivity index (χ0v) is 11.2. The minimum atomic E-state index is -1.29. The van der Waals surface area contributed by atoms with Crippen LogP contribution in [0.2, 0.25) is 0 Å². The third-order valence-corrected chi connectivity index (χ3v) is 2.97. The van der Waals surface area contributed by atoms with Gasteiger partial charge in [0.15, 0.2) is 0 Å². The first-order chi connectivity index (χ1) is 10.5. The maximum atomic E-state index is 10.7. The molecule has 0 aliphatic carbocycles. The summed E-state index contributed by atoms with van der Waals surface area (Å²) in [5.41, 5.74) is 1.49. The second kappa shape index (κ2) is 6.33. The second-order valence-corrected chi connectivity index (χ2v) is 4.38. The lowest BCUT2D eigenvalue weighted by molar-refractivity contribution is -0.384. The minimum Gasteiger partial charge on any atom is -0.545 e. The van der Waals surface area contributed by atoms with E-state index in [4.69, 9.17) is 0 Å². The molecule has 6 heteroatoms. The van der Waals surface area contributed by atoms with Gasteiger partial charge in [0.2, 0.25) is 0 Å². The number of carboxylic acids is 1. The number of carboxylic acid groups (broad SMARTS) is 1. The Kier molecular flexibility index (Phi) is 4.30. The Morgan fingerprint density at radius 2 is 1.59 bits per heavy atom. The Bertz CT molecular complexity index is 784. The summed E-state index contributed by atoms with van der Waals surface area (Å²) in [7, 11) is 0. The largest absolute Gasteiger partial charge is 0.545 e. The predicted octanol–water partition coefficient (Wildman–Crippen LogP) is 2.02. The summed E-state index contributed by atoms with van der Waals surface area (Å²) in [4.78, 5) is 20.8. The maximum Gasteiger partial charge on any atom is 0.269 e. The van der Waals surface area contributed by atoms with E-state index >= 15 is 0 Å². The minimum absolute atomic E-state index is 0.0244. The molecule has 0 aromatic heterocycles. The summed E-state index contributed by atoms with van der Waals surface area (Å²) < 4.78 is 0. The number of aromatic carboxylic acids is 1. The van der Waals surface area contributed by atoms with Gasteiger partial charge in [0.1, 0.15) is 0 Å². The molecule has 0 spiro atoms. The van der Waals surface area contributed by atoms with Crippen molar-refractivity contribution in [1.82, 2.24) is 0 Å². The van der Waals surface area contributed by atoms with Gasteiger partial charge >= 0.3 is 0 Å². The smallest absolute Gasteiger partial charge is 0.269 e. The molecule has 108 valence electrons. The number of rotatable bonds is 4. The van der Waals surface area contributed by atoms with E-state index in [2.05, 4.69) is 0 Å². The summed E-state index contributed by atoms with van der Waals surface area (Å²) in [6.07, 6.45) is 1.57. The van der Waals surface area contributed by atoms with Crippen LogP contribution in [-0.2, 0) is 0 Å². The zero-order valence-electron chi connectivity index (χ0n) is 11.2. The Morgan fingerprint density at radius 3 is 2.05 bits per heavy atom. The van der Waals surface area contributed by atoms with Crippen LogP contribution in [0.5, 0.6) is 0 Å². The lowest BCUT2D eigenvalue weighted by Crippen LogP contribution is -2.21. The third kappa shape index (κ3) is 3.35. The molecule has 22 heavy (non-hydrogen) atoms. The van der Waals surface area contributed by atoms with Crippen molar-refractivity contribution in [2.75, 3.05) is 0 Å². The molecule has 0 saturated heterocycles. The van der Waals surface area contributed by atoms with Crippen molar-refractivity contribution in [3.63, 3.8) is 0 Å². The first-order valence-corrected chi connectivity index (χ1v) is 6.19. The van der Waals surface area contributed by atoms with Crippen molar-refractivity contribution in [2.45, 2.75) is 0 Å². The van der Waals surface area contributed by atoms with Gasteiger partial charge in [-0.1, -0.05) is 24.3 Å². The van der Waals surface area contributed by atoms with E-state index in [1.54, 1.807) is 6.08 Å². The molecule has 0 fully saturated rings. The van der Waals surface area contributed by atoms with Gasteiger partial charge in [-0.25, -0.2) is 0 Å². The van der Waals surface area contributed by atoms with Gasteiger partial charge in [-0.3, -0.25) is 10.1 Å². The van der Waals surface area contributed by atoms with Gasteiger partial charge in [0.25, 0.3) is 5.69 Å². The van der Waals surface area contributed by atoms with Gasteiger partial charge in [-0.15, -0.1) is 0 Å². The lowest BCUT2D eigenvalue weighted by atomic mass is 10.0. The summed E-state index contributed by atoms with van der Waals surface area (Å²) in [6, 6.07) is 13.5. The average Bonchev–Trinajstić information content (AvgIpc) is 2.53. The van der Waals surface area contributed by atoms with Crippen LogP contribution in [0.1, 0.15) is 21.5 Å². The number of hydrogen-bond donors (Lipinski definition) is 0. The van der Waals surface area contributed by atoms with Gasteiger partial charge in [-0.05, 0) is 34.9 Å². The number of nitriles is 1. The highest BCUT2D eigenvalue weighted by Gasteiger charge is 2.05. The predicted molar refractivity (Wildman–Crippen MR) is 77.4 cm³/mol. The molecule has 2 aromatic rings. The van der Waals surface area contributed by atoms with E-state index in [1.807, 2.05) is 6.07 Å². The molecule has 0 N–H and O–H groups in total. The number of nitro groups is 1. The number of non-ortho nitro benzene ring substituents is 1. The molecule has 0 heterocycles. The average molecular weight is 293 g/mol. The standard InChI is InChI=1S/C16H10N2O4/c17-10-14(12-3-5-13(6-4-12)16(19)20)9-11-1-7-15(8-2-11)18(21)22/h1-9H,(H,19,20)/p-1/b14-9-. The number of hydrogen-bond acceptors (Lipinski definition) is 5. The fourth-order valence-corrected chi connectivity index (χ4v) is 1.82. The Labute approximate surface area is 125 Å². The second-order valence-electron chi connectivity index (χ2n) is 4.38. The molecule has 0 aliphatic heterocycles. The Morgan fingerprint density at radius 1 is 1.05 bits per heavy atom. The van der Waals surface area contributed by atoms with E-state index in [0.29, 0.717) is 16.7 Å². The van der Waals surface area contributed by atoms with Crippen LogP contribution in [0.25, 0.3) is 11.6 Å². The summed E-state index contributed by atoms with van der Waals surface area (Å²) >= 11 is 0. The monoisotopic (exact) mass is 293 g/mol. The van der Waals surface area contributed by atoms with Gasteiger partial charge < -0.3 is 9.90 Å². The molecular formula is C16H9N2O4-. The van der Waals surface area contributed by atoms with E-state index in [9.17, 15) is 25.3 Å². The van der Waals surface area contributed by atoms with E-state index in [0.717, 1.165) is 0 Å². The number of carbonyl (C=O) groups excluding carboxylic acids is 1. The van der Waals surface area contributed by atoms with Gasteiger partial charge in [0, 0.05) is 12.1 Å². The highest BCUT2D eigenvalue weighted by molar-refractivity contribution is 5.91. The highest BCUT2D eigenvalue weighted by Crippen LogP contribution is 2.20. The van der Waals surface area contributed by atoms with Crippen LogP contribution in [0.4, 0.5) is 5.69 Å². The Balaban J connectivity index is 2.32. The third-order valence-electron chi connectivity index (χ3n) is 2.97. The quantitative estimate of drug-likeness (QED) is 0.371. The van der Waals surface area contributed by atoms with Crippen molar-refractivity contribution in [3.05, 3.63) is 75.3 Å². The molecule has 0 saturated carbocycles. The molecule has 2 aromatic carbocycles. The number of nitrogens with zero attached hydrogens (tertiary/aromatic N) is 2. The molecule has 6 nitrogen and oxygen atoms in total. The van der Waals surface area contributed by atoms with Crippen LogP contribution >= 0.6 is 0 Å². The van der Waals surface area contributed by atoms with Crippen molar-refractivity contribution >= 4 is 23.3 Å². The van der Waals surface area contributed by atoms with Crippen LogP contribution in [-0.4, -0.2) is 10.9 Å². The number of benzene rings is 2. The molecule has 0 bridgehead atoms. The fraction of sp³-hybridized carbons (Fsp3) is 0. The molecular weight excluding hydrogens is 284 g/mol. The van der Waals surface area contributed by atoms with Crippen LogP contribution < -0.4 is 5.11 Å². The van der Waals surface area contributed by atoms with Crippen molar-refractivity contribution < 1.29 is 14.8 Å². The topological polar surface area (TPSA) is 107 Å². The number of nitro benzene ring substituents is 1.